The second-order valence-electron chi connectivity index (χ2n) is 4.60. The molecule has 0 radical (unpaired) electrons. The van der Waals surface area contributed by atoms with E-state index in [4.69, 9.17) is 0 Å². The number of nitrogens with zero attached hydrogens (tertiary/aromatic N) is 2. The molecule has 88 valence electrons. The van der Waals surface area contributed by atoms with Crippen molar-refractivity contribution in [2.45, 2.75) is 32.3 Å². The van der Waals surface area contributed by atoms with E-state index in [1.54, 1.807) is 0 Å². The van der Waals surface area contributed by atoms with Crippen LogP contribution in [0.3, 0.4) is 0 Å². The second kappa shape index (κ2) is 4.34. The molecule has 0 aromatic carbocycles. The Bertz CT molecular complexity index is 389. The van der Waals surface area contributed by atoms with Gasteiger partial charge in [0.1, 0.15) is 5.82 Å². The molecule has 1 aliphatic heterocycles. The molecule has 0 aliphatic carbocycles. The van der Waals surface area contributed by atoms with E-state index in [1.807, 2.05) is 19.2 Å². The van der Waals surface area contributed by atoms with Gasteiger partial charge in [-0.25, -0.2) is 4.98 Å². The maximum atomic E-state index is 10.1. The quantitative estimate of drug-likeness (QED) is 0.927. The largest absolute Gasteiger partial charge is 0.386 e. The van der Waals surface area contributed by atoms with Gasteiger partial charge in [-0.05, 0) is 40.9 Å². The Morgan fingerprint density at radius 2 is 2.25 bits per heavy atom. The summed E-state index contributed by atoms with van der Waals surface area (Å²) in [4.78, 5) is 6.47. The third kappa shape index (κ3) is 2.09. The maximum Gasteiger partial charge on any atom is 0.143 e. The molecule has 0 atom stereocenters. The fourth-order valence-corrected chi connectivity index (χ4v) is 2.67. The molecule has 1 saturated heterocycles. The van der Waals surface area contributed by atoms with Crippen LogP contribution in [-0.4, -0.2) is 28.8 Å². The molecule has 1 aromatic heterocycles. The molecule has 0 amide bonds. The highest BCUT2D eigenvalue weighted by atomic mass is 79.9. The third-order valence-electron chi connectivity index (χ3n) is 3.05. The Balaban J connectivity index is 2.09. The van der Waals surface area contributed by atoms with Crippen molar-refractivity contribution in [3.05, 3.63) is 22.3 Å². The predicted molar refractivity (Wildman–Crippen MR) is 68.7 cm³/mol. The smallest absolute Gasteiger partial charge is 0.143 e. The molecule has 3 nitrogen and oxygen atoms in total. The number of aryl methyl sites for hydroxylation is 1. The van der Waals surface area contributed by atoms with E-state index < -0.39 is 5.60 Å². The Hall–Kier alpha value is -0.610. The normalized spacial score (nSPS) is 18.4. The van der Waals surface area contributed by atoms with Gasteiger partial charge in [-0.15, -0.1) is 0 Å². The topological polar surface area (TPSA) is 36.4 Å². The molecule has 0 bridgehead atoms. The summed E-state index contributed by atoms with van der Waals surface area (Å²) in [7, 11) is 0. The first-order valence-electron chi connectivity index (χ1n) is 5.64. The molecular formula is C12H17BrN2O. The van der Waals surface area contributed by atoms with Gasteiger partial charge in [0.25, 0.3) is 0 Å². The standard InChI is InChI=1S/C12H17BrN2O/c1-3-5-12(16)7-15(8-12)11-10(13)9(2)4-6-14-11/h4,6,16H,3,5,7-8H2,1-2H3. The first-order valence-corrected chi connectivity index (χ1v) is 6.43. The second-order valence-corrected chi connectivity index (χ2v) is 5.39. The first kappa shape index (κ1) is 11.9. The van der Waals surface area contributed by atoms with Crippen molar-refractivity contribution in [2.24, 2.45) is 0 Å². The summed E-state index contributed by atoms with van der Waals surface area (Å²) < 4.78 is 1.04. The fourth-order valence-electron chi connectivity index (χ4n) is 2.18. The average molecular weight is 285 g/mol. The molecule has 1 N–H and O–H groups in total. The summed E-state index contributed by atoms with van der Waals surface area (Å²) in [5, 5.41) is 10.1. The van der Waals surface area contributed by atoms with Crippen molar-refractivity contribution >= 4 is 21.7 Å². The number of anilines is 1. The minimum atomic E-state index is -0.500. The summed E-state index contributed by atoms with van der Waals surface area (Å²) in [5.41, 5.74) is 0.676. The molecule has 0 spiro atoms. The monoisotopic (exact) mass is 284 g/mol. The lowest BCUT2D eigenvalue weighted by atomic mass is 9.89. The van der Waals surface area contributed by atoms with Gasteiger partial charge in [-0.2, -0.15) is 0 Å². The van der Waals surface area contributed by atoms with Gasteiger partial charge in [0.15, 0.2) is 0 Å². The number of halogens is 1. The Morgan fingerprint density at radius 1 is 1.56 bits per heavy atom. The van der Waals surface area contributed by atoms with Gasteiger partial charge >= 0.3 is 0 Å². The summed E-state index contributed by atoms with van der Waals surface area (Å²) in [6.45, 7) is 5.53. The van der Waals surface area contributed by atoms with Crippen LogP contribution in [0.1, 0.15) is 25.3 Å². The van der Waals surface area contributed by atoms with Gasteiger partial charge in [-0.3, -0.25) is 0 Å². The third-order valence-corrected chi connectivity index (χ3v) is 4.03. The van der Waals surface area contributed by atoms with Crippen molar-refractivity contribution in [1.29, 1.82) is 0 Å². The first-order chi connectivity index (χ1) is 7.56. The molecule has 0 unspecified atom stereocenters. The van der Waals surface area contributed by atoms with Crippen molar-refractivity contribution in [3.63, 3.8) is 0 Å². The molecule has 2 rings (SSSR count). The van der Waals surface area contributed by atoms with E-state index >= 15 is 0 Å². The van der Waals surface area contributed by atoms with Crippen LogP contribution in [0.15, 0.2) is 16.7 Å². The Labute approximate surface area is 105 Å². The summed E-state index contributed by atoms with van der Waals surface area (Å²) in [6, 6.07) is 1.98. The molecule has 1 aliphatic rings. The van der Waals surface area contributed by atoms with Crippen LogP contribution >= 0.6 is 15.9 Å². The van der Waals surface area contributed by atoms with Crippen LogP contribution in [0.4, 0.5) is 5.82 Å². The van der Waals surface area contributed by atoms with Crippen LogP contribution < -0.4 is 4.90 Å². The van der Waals surface area contributed by atoms with Crippen molar-refractivity contribution in [3.8, 4) is 0 Å². The van der Waals surface area contributed by atoms with E-state index in [-0.39, 0.29) is 0 Å². The van der Waals surface area contributed by atoms with Gasteiger partial charge in [0, 0.05) is 6.20 Å². The maximum absolute atomic E-state index is 10.1. The lowest BCUT2D eigenvalue weighted by Gasteiger charge is -2.47. The van der Waals surface area contributed by atoms with E-state index in [2.05, 4.69) is 32.7 Å². The van der Waals surface area contributed by atoms with Crippen molar-refractivity contribution in [2.75, 3.05) is 18.0 Å². The minimum Gasteiger partial charge on any atom is -0.386 e. The van der Waals surface area contributed by atoms with Crippen molar-refractivity contribution < 1.29 is 5.11 Å². The molecular weight excluding hydrogens is 268 g/mol. The highest BCUT2D eigenvalue weighted by Gasteiger charge is 2.41. The van der Waals surface area contributed by atoms with Gasteiger partial charge in [0.05, 0.1) is 23.2 Å². The lowest BCUT2D eigenvalue weighted by Crippen LogP contribution is -2.62. The zero-order valence-corrected chi connectivity index (χ0v) is 11.3. The number of β-amino-alcohol motifs (C(OH)–C–C–N with tert-alkyl or cyclic N) is 1. The van der Waals surface area contributed by atoms with Crippen LogP contribution in [0.2, 0.25) is 0 Å². The molecule has 1 fully saturated rings. The molecule has 0 saturated carbocycles. The van der Waals surface area contributed by atoms with Gasteiger partial charge < -0.3 is 10.0 Å². The van der Waals surface area contributed by atoms with E-state index in [9.17, 15) is 5.11 Å². The number of rotatable bonds is 3. The van der Waals surface area contributed by atoms with E-state index in [1.165, 1.54) is 5.56 Å². The van der Waals surface area contributed by atoms with Crippen molar-refractivity contribution in [1.82, 2.24) is 4.98 Å². The minimum absolute atomic E-state index is 0.500. The highest BCUT2D eigenvalue weighted by Crippen LogP contribution is 2.34. The Kier molecular flexibility index (Phi) is 3.22. The zero-order chi connectivity index (χ0) is 11.8. The van der Waals surface area contributed by atoms with E-state index in [0.717, 1.165) is 23.1 Å². The summed E-state index contributed by atoms with van der Waals surface area (Å²) in [5.74, 6) is 0.945. The van der Waals surface area contributed by atoms with E-state index in [0.29, 0.717) is 13.1 Å². The summed E-state index contributed by atoms with van der Waals surface area (Å²) >= 11 is 3.55. The van der Waals surface area contributed by atoms with Crippen LogP contribution in [0.5, 0.6) is 0 Å². The van der Waals surface area contributed by atoms with Crippen LogP contribution in [-0.2, 0) is 0 Å². The van der Waals surface area contributed by atoms with Crippen LogP contribution in [0.25, 0.3) is 0 Å². The van der Waals surface area contributed by atoms with Gasteiger partial charge in [0.2, 0.25) is 0 Å². The molecule has 2 heterocycles. The lowest BCUT2D eigenvalue weighted by molar-refractivity contribution is 0.00286. The average Bonchev–Trinajstić information content (AvgIpc) is 2.19. The van der Waals surface area contributed by atoms with Gasteiger partial charge in [-0.1, -0.05) is 13.3 Å². The molecule has 4 heteroatoms. The molecule has 16 heavy (non-hydrogen) atoms. The number of aliphatic hydroxyl groups is 1. The van der Waals surface area contributed by atoms with Crippen LogP contribution in [0, 0.1) is 6.92 Å². The number of hydrogen-bond donors (Lipinski definition) is 1. The SMILES string of the molecule is CCCC1(O)CN(c2nccc(C)c2Br)C1. The highest BCUT2D eigenvalue weighted by molar-refractivity contribution is 9.10. The molecule has 1 aromatic rings. The fraction of sp³-hybridized carbons (Fsp3) is 0.583. The number of pyridine rings is 1. The number of aromatic nitrogens is 1. The Morgan fingerprint density at radius 3 is 2.88 bits per heavy atom. The zero-order valence-electron chi connectivity index (χ0n) is 9.70. The summed E-state index contributed by atoms with van der Waals surface area (Å²) in [6.07, 6.45) is 3.70. The predicted octanol–water partition coefficient (Wildman–Crippen LogP) is 2.50. The number of hydrogen-bond acceptors (Lipinski definition) is 3.